The van der Waals surface area contributed by atoms with Crippen molar-refractivity contribution in [3.63, 3.8) is 0 Å². The maximum Gasteiger partial charge on any atom is 0.159 e. The Bertz CT molecular complexity index is 386. The van der Waals surface area contributed by atoms with E-state index in [1.54, 1.807) is 6.07 Å². The fraction of sp³-hybridized carbons (Fsp3) is 0.111. The van der Waals surface area contributed by atoms with Gasteiger partial charge in [0.05, 0.1) is 10.6 Å². The quantitative estimate of drug-likeness (QED) is 0.591. The van der Waals surface area contributed by atoms with Crippen molar-refractivity contribution in [3.8, 4) is 6.07 Å². The summed E-state index contributed by atoms with van der Waals surface area (Å²) in [6.07, 6.45) is 0. The molecule has 0 radical (unpaired) electrons. The highest BCUT2D eigenvalue weighted by Gasteiger charge is 2.09. The summed E-state index contributed by atoms with van der Waals surface area (Å²) in [5.74, 6) is -0.0516. The Morgan fingerprint density at radius 3 is 2.62 bits per heavy atom. The lowest BCUT2D eigenvalue weighted by atomic mass is 10.1. The maximum atomic E-state index is 11.0. The van der Waals surface area contributed by atoms with E-state index in [9.17, 15) is 4.79 Å². The molecule has 0 fully saturated rings. The number of rotatable bonds is 1. The first-order valence-corrected chi connectivity index (χ1v) is 4.92. The lowest BCUT2D eigenvalue weighted by Crippen LogP contribution is -1.95. The molecule has 1 aromatic carbocycles. The van der Waals surface area contributed by atoms with Gasteiger partial charge >= 0.3 is 0 Å². The molecule has 0 heterocycles. The van der Waals surface area contributed by atoms with Gasteiger partial charge in [-0.1, -0.05) is 11.6 Å². The van der Waals surface area contributed by atoms with E-state index in [2.05, 4.69) is 0 Å². The van der Waals surface area contributed by atoms with Gasteiger partial charge in [-0.15, -0.1) is 0 Å². The molecule has 13 heavy (non-hydrogen) atoms. The van der Waals surface area contributed by atoms with Crippen LogP contribution in [0.2, 0.25) is 5.02 Å². The number of carbonyl (C=O) groups is 1. The van der Waals surface area contributed by atoms with Crippen LogP contribution in [-0.2, 0) is 0 Å². The van der Waals surface area contributed by atoms with E-state index in [0.29, 0.717) is 19.7 Å². The summed E-state index contributed by atoms with van der Waals surface area (Å²) in [4.78, 5) is 11.0. The van der Waals surface area contributed by atoms with Crippen molar-refractivity contribution in [2.75, 3.05) is 0 Å². The molecule has 0 spiro atoms. The summed E-state index contributed by atoms with van der Waals surface area (Å²) in [5, 5.41) is 9.04. The Morgan fingerprint density at radius 2 is 2.23 bits per heavy atom. The number of nitrogens with zero attached hydrogens (tertiary/aromatic N) is 1. The predicted octanol–water partition coefficient (Wildman–Crippen LogP) is 3.02. The van der Waals surface area contributed by atoms with E-state index in [4.69, 9.17) is 16.9 Å². The SMILES string of the molecule is CC(=O)c1cc(Cl)c(C#N)c(I)c1. The summed E-state index contributed by atoms with van der Waals surface area (Å²) in [7, 11) is 0. The molecular formula is C9H5ClINO. The summed E-state index contributed by atoms with van der Waals surface area (Å²) in [5.41, 5.74) is 0.959. The van der Waals surface area contributed by atoms with Crippen LogP contribution >= 0.6 is 34.2 Å². The second-order valence-electron chi connectivity index (χ2n) is 2.48. The number of hydrogen-bond donors (Lipinski definition) is 0. The fourth-order valence-electron chi connectivity index (χ4n) is 0.883. The summed E-state index contributed by atoms with van der Waals surface area (Å²) in [6.45, 7) is 1.47. The van der Waals surface area contributed by atoms with Crippen molar-refractivity contribution < 1.29 is 4.79 Å². The third-order valence-corrected chi connectivity index (χ3v) is 2.71. The molecule has 0 bridgehead atoms. The number of carbonyl (C=O) groups excluding carboxylic acids is 1. The number of ketones is 1. The van der Waals surface area contributed by atoms with Gasteiger partial charge in [-0.3, -0.25) is 4.79 Å². The second kappa shape index (κ2) is 4.07. The van der Waals surface area contributed by atoms with Crippen LogP contribution in [0.25, 0.3) is 0 Å². The van der Waals surface area contributed by atoms with Gasteiger partial charge < -0.3 is 0 Å². The largest absolute Gasteiger partial charge is 0.295 e. The first-order chi connectivity index (χ1) is 6.06. The molecule has 0 N–H and O–H groups in total. The molecule has 0 aliphatic rings. The molecule has 0 amide bonds. The van der Waals surface area contributed by atoms with E-state index >= 15 is 0 Å². The molecule has 0 aliphatic carbocycles. The normalized spacial score (nSPS) is 9.38. The minimum atomic E-state index is -0.0516. The van der Waals surface area contributed by atoms with Gasteiger partial charge in [0.1, 0.15) is 6.07 Å². The highest BCUT2D eigenvalue weighted by molar-refractivity contribution is 14.1. The number of benzene rings is 1. The molecule has 4 heteroatoms. The van der Waals surface area contributed by atoms with Crippen LogP contribution in [0, 0.1) is 14.9 Å². The van der Waals surface area contributed by atoms with E-state index in [1.807, 2.05) is 28.7 Å². The zero-order chi connectivity index (χ0) is 10.0. The van der Waals surface area contributed by atoms with Crippen molar-refractivity contribution in [3.05, 3.63) is 31.9 Å². The van der Waals surface area contributed by atoms with Crippen molar-refractivity contribution in [2.45, 2.75) is 6.92 Å². The second-order valence-corrected chi connectivity index (χ2v) is 4.05. The zero-order valence-electron chi connectivity index (χ0n) is 6.77. The lowest BCUT2D eigenvalue weighted by molar-refractivity contribution is 0.101. The Balaban J connectivity index is 3.39. The van der Waals surface area contributed by atoms with E-state index in [1.165, 1.54) is 13.0 Å². The molecule has 0 saturated carbocycles. The fourth-order valence-corrected chi connectivity index (χ4v) is 2.05. The lowest BCUT2D eigenvalue weighted by Gasteiger charge is -2.01. The number of nitriles is 1. The van der Waals surface area contributed by atoms with Crippen molar-refractivity contribution in [1.29, 1.82) is 5.26 Å². The van der Waals surface area contributed by atoms with Crippen molar-refractivity contribution in [2.24, 2.45) is 0 Å². The van der Waals surface area contributed by atoms with E-state index < -0.39 is 0 Å². The van der Waals surface area contributed by atoms with Gasteiger partial charge in [-0.05, 0) is 41.6 Å². The van der Waals surface area contributed by atoms with Gasteiger partial charge in [-0.25, -0.2) is 0 Å². The van der Waals surface area contributed by atoms with E-state index in [-0.39, 0.29) is 5.78 Å². The first-order valence-electron chi connectivity index (χ1n) is 3.46. The summed E-state index contributed by atoms with van der Waals surface area (Å²) < 4.78 is 0.706. The Labute approximate surface area is 94.6 Å². The molecule has 66 valence electrons. The predicted molar refractivity (Wildman–Crippen MR) is 58.9 cm³/mol. The first kappa shape index (κ1) is 10.5. The summed E-state index contributed by atoms with van der Waals surface area (Å²) >= 11 is 7.79. The Morgan fingerprint density at radius 1 is 1.62 bits per heavy atom. The molecule has 2 nitrogen and oxygen atoms in total. The van der Waals surface area contributed by atoms with Crippen LogP contribution in [0.4, 0.5) is 0 Å². The van der Waals surface area contributed by atoms with Crippen LogP contribution < -0.4 is 0 Å². The minimum absolute atomic E-state index is 0.0516. The molecule has 0 atom stereocenters. The Hall–Kier alpha value is -0.600. The molecular weight excluding hydrogens is 300 g/mol. The van der Waals surface area contributed by atoms with Crippen molar-refractivity contribution in [1.82, 2.24) is 0 Å². The van der Waals surface area contributed by atoms with Crippen LogP contribution in [0.15, 0.2) is 12.1 Å². The van der Waals surface area contributed by atoms with Gasteiger partial charge in [0, 0.05) is 9.13 Å². The maximum absolute atomic E-state index is 11.0. The van der Waals surface area contributed by atoms with Gasteiger partial charge in [0.25, 0.3) is 0 Å². The third kappa shape index (κ3) is 2.20. The number of Topliss-reactive ketones (excluding diaryl/α,β-unsaturated/α-hetero) is 1. The smallest absolute Gasteiger partial charge is 0.159 e. The van der Waals surface area contributed by atoms with Gasteiger partial charge in [-0.2, -0.15) is 5.26 Å². The average molecular weight is 306 g/mol. The molecule has 0 aliphatic heterocycles. The van der Waals surface area contributed by atoms with E-state index in [0.717, 1.165) is 0 Å². The molecule has 1 aromatic rings. The molecule has 0 aromatic heterocycles. The van der Waals surface area contributed by atoms with Gasteiger partial charge in [0.15, 0.2) is 5.78 Å². The van der Waals surface area contributed by atoms with Crippen LogP contribution in [0.5, 0.6) is 0 Å². The van der Waals surface area contributed by atoms with Crippen LogP contribution in [0.3, 0.4) is 0 Å². The topological polar surface area (TPSA) is 40.9 Å². The highest BCUT2D eigenvalue weighted by Crippen LogP contribution is 2.23. The Kier molecular flexibility index (Phi) is 3.28. The third-order valence-electron chi connectivity index (χ3n) is 1.56. The standard InChI is InChI=1S/C9H5ClINO/c1-5(13)6-2-8(10)7(4-12)9(11)3-6/h2-3H,1H3. The average Bonchev–Trinajstić information content (AvgIpc) is 2.03. The van der Waals surface area contributed by atoms with Crippen molar-refractivity contribution >= 4 is 40.0 Å². The van der Waals surface area contributed by atoms with Gasteiger partial charge in [0.2, 0.25) is 0 Å². The number of hydrogen-bond acceptors (Lipinski definition) is 2. The summed E-state index contributed by atoms with van der Waals surface area (Å²) in [6, 6.07) is 5.16. The van der Waals surface area contributed by atoms with Crippen LogP contribution in [-0.4, -0.2) is 5.78 Å². The monoisotopic (exact) mass is 305 g/mol. The minimum Gasteiger partial charge on any atom is -0.295 e. The molecule has 1 rings (SSSR count). The molecule has 0 saturated heterocycles. The zero-order valence-corrected chi connectivity index (χ0v) is 9.68. The van der Waals surface area contributed by atoms with Crippen LogP contribution in [0.1, 0.15) is 22.8 Å². The number of halogens is 2. The molecule has 0 unspecified atom stereocenters. The highest BCUT2D eigenvalue weighted by atomic mass is 127.